The van der Waals surface area contributed by atoms with Crippen LogP contribution >= 0.6 is 0 Å². The Bertz CT molecular complexity index is 189. The van der Waals surface area contributed by atoms with Crippen molar-refractivity contribution in [3.8, 4) is 0 Å². The summed E-state index contributed by atoms with van der Waals surface area (Å²) >= 11 is 0. The molecule has 1 rings (SSSR count). The van der Waals surface area contributed by atoms with Crippen LogP contribution in [0, 0.1) is 5.92 Å². The Morgan fingerprint density at radius 1 is 1.62 bits per heavy atom. The van der Waals surface area contributed by atoms with E-state index in [0.29, 0.717) is 12.6 Å². The smallest absolute Gasteiger partial charge is 0.224 e. The molecule has 74 valence electrons. The number of hydrogen-bond donors (Lipinski definition) is 2. The third-order valence-corrected chi connectivity index (χ3v) is 2.50. The highest BCUT2D eigenvalue weighted by atomic mass is 16.1. The first-order valence-corrected chi connectivity index (χ1v) is 4.93. The highest BCUT2D eigenvalue weighted by molar-refractivity contribution is 5.79. The summed E-state index contributed by atoms with van der Waals surface area (Å²) in [5, 5.41) is 3.00. The minimum Gasteiger partial charge on any atom is -0.352 e. The van der Waals surface area contributed by atoms with Crippen LogP contribution in [-0.2, 0) is 4.79 Å². The van der Waals surface area contributed by atoms with Crippen LogP contribution in [0.1, 0.15) is 26.2 Å². The molecule has 1 aliphatic rings. The van der Waals surface area contributed by atoms with Gasteiger partial charge in [-0.15, -0.1) is 0 Å². The summed E-state index contributed by atoms with van der Waals surface area (Å²) in [4.78, 5) is 11.5. The number of carbonyl (C=O) groups excluding carboxylic acids is 1. The van der Waals surface area contributed by atoms with Crippen LogP contribution < -0.4 is 11.1 Å². The van der Waals surface area contributed by atoms with Crippen molar-refractivity contribution in [3.05, 3.63) is 12.2 Å². The van der Waals surface area contributed by atoms with Crippen molar-refractivity contribution in [1.29, 1.82) is 0 Å². The molecule has 0 radical (unpaired) electrons. The summed E-state index contributed by atoms with van der Waals surface area (Å²) in [6, 6.07) is 0.313. The van der Waals surface area contributed by atoms with E-state index in [4.69, 9.17) is 5.73 Å². The van der Waals surface area contributed by atoms with Gasteiger partial charge in [0.2, 0.25) is 5.91 Å². The minimum atomic E-state index is -0.0133. The summed E-state index contributed by atoms with van der Waals surface area (Å²) in [7, 11) is 0. The van der Waals surface area contributed by atoms with Crippen molar-refractivity contribution < 1.29 is 4.79 Å². The lowest BCUT2D eigenvalue weighted by atomic mass is 10.1. The predicted molar refractivity (Wildman–Crippen MR) is 53.1 cm³/mol. The van der Waals surface area contributed by atoms with Crippen LogP contribution in [0.3, 0.4) is 0 Å². The van der Waals surface area contributed by atoms with Crippen molar-refractivity contribution >= 4 is 5.91 Å². The molecule has 0 aliphatic heterocycles. The van der Waals surface area contributed by atoms with E-state index in [1.807, 2.05) is 6.92 Å². The highest BCUT2D eigenvalue weighted by Crippen LogP contribution is 2.10. The number of carbonyl (C=O) groups is 1. The Morgan fingerprint density at radius 2 is 2.23 bits per heavy atom. The fourth-order valence-corrected chi connectivity index (χ4v) is 1.51. The first-order chi connectivity index (χ1) is 6.27. The van der Waals surface area contributed by atoms with Crippen LogP contribution in [0.5, 0.6) is 0 Å². The molecular weight excluding hydrogens is 164 g/mol. The second kappa shape index (κ2) is 5.02. The summed E-state index contributed by atoms with van der Waals surface area (Å²) in [6.07, 6.45) is 6.96. The van der Waals surface area contributed by atoms with Gasteiger partial charge in [-0.2, -0.15) is 0 Å². The van der Waals surface area contributed by atoms with Crippen LogP contribution in [0.15, 0.2) is 12.2 Å². The van der Waals surface area contributed by atoms with Crippen molar-refractivity contribution in [2.75, 3.05) is 6.54 Å². The molecule has 1 unspecified atom stereocenters. The quantitative estimate of drug-likeness (QED) is 0.632. The maximum Gasteiger partial charge on any atom is 0.224 e. The molecule has 0 heterocycles. The van der Waals surface area contributed by atoms with E-state index in [9.17, 15) is 4.79 Å². The van der Waals surface area contributed by atoms with E-state index >= 15 is 0 Å². The first-order valence-electron chi connectivity index (χ1n) is 4.93. The zero-order chi connectivity index (χ0) is 9.68. The van der Waals surface area contributed by atoms with Crippen LogP contribution in [-0.4, -0.2) is 18.5 Å². The molecule has 0 spiro atoms. The predicted octanol–water partition coefficient (Wildman–Crippen LogP) is 0.806. The van der Waals surface area contributed by atoms with E-state index < -0.39 is 0 Å². The number of nitrogens with two attached hydrogens (primary N) is 1. The molecule has 1 amide bonds. The fraction of sp³-hybridized carbons (Fsp3) is 0.700. The fourth-order valence-electron chi connectivity index (χ4n) is 1.51. The molecule has 0 aromatic rings. The molecule has 3 N–H and O–H groups in total. The number of rotatable bonds is 4. The van der Waals surface area contributed by atoms with Crippen LogP contribution in [0.2, 0.25) is 0 Å². The molecule has 1 aliphatic carbocycles. The third kappa shape index (κ3) is 2.84. The summed E-state index contributed by atoms with van der Waals surface area (Å²) < 4.78 is 0. The second-order valence-corrected chi connectivity index (χ2v) is 3.49. The first kappa shape index (κ1) is 10.3. The van der Waals surface area contributed by atoms with E-state index in [0.717, 1.165) is 19.3 Å². The third-order valence-electron chi connectivity index (χ3n) is 2.50. The van der Waals surface area contributed by atoms with Crippen molar-refractivity contribution in [3.63, 3.8) is 0 Å². The average molecular weight is 182 g/mol. The van der Waals surface area contributed by atoms with Gasteiger partial charge in [0.05, 0.1) is 0 Å². The molecule has 0 aromatic heterocycles. The zero-order valence-corrected chi connectivity index (χ0v) is 8.12. The largest absolute Gasteiger partial charge is 0.352 e. The van der Waals surface area contributed by atoms with Gasteiger partial charge in [-0.3, -0.25) is 4.79 Å². The maximum atomic E-state index is 11.5. The molecule has 13 heavy (non-hydrogen) atoms. The van der Waals surface area contributed by atoms with Gasteiger partial charge in [-0.1, -0.05) is 19.1 Å². The minimum absolute atomic E-state index is 0.0133. The molecule has 3 nitrogen and oxygen atoms in total. The lowest BCUT2D eigenvalue weighted by Gasteiger charge is -2.16. The molecular formula is C10H18N2O. The van der Waals surface area contributed by atoms with Gasteiger partial charge in [-0.25, -0.2) is 0 Å². The number of nitrogens with one attached hydrogen (secondary N) is 1. The van der Waals surface area contributed by atoms with E-state index in [1.54, 1.807) is 0 Å². The van der Waals surface area contributed by atoms with E-state index in [2.05, 4.69) is 17.5 Å². The Morgan fingerprint density at radius 3 is 2.69 bits per heavy atom. The van der Waals surface area contributed by atoms with E-state index in [1.165, 1.54) is 0 Å². The van der Waals surface area contributed by atoms with Gasteiger partial charge in [0.15, 0.2) is 0 Å². The van der Waals surface area contributed by atoms with Gasteiger partial charge < -0.3 is 11.1 Å². The Balaban J connectivity index is 2.30. The summed E-state index contributed by atoms with van der Waals surface area (Å²) in [5.41, 5.74) is 5.48. The van der Waals surface area contributed by atoms with Gasteiger partial charge in [-0.05, 0) is 19.3 Å². The average Bonchev–Trinajstić information content (AvgIpc) is 2.59. The molecule has 1 atom stereocenters. The molecule has 0 fully saturated rings. The van der Waals surface area contributed by atoms with Crippen molar-refractivity contribution in [2.24, 2.45) is 11.7 Å². The Kier molecular flexibility index (Phi) is 3.96. The Labute approximate surface area is 79.4 Å². The van der Waals surface area contributed by atoms with Crippen molar-refractivity contribution in [1.82, 2.24) is 5.32 Å². The zero-order valence-electron chi connectivity index (χ0n) is 8.12. The standard InChI is InChI=1S/C10H18N2O/c1-2-8(7-11)10(13)12-9-5-3-4-6-9/h3-4,8-9H,2,5-7,11H2,1H3,(H,12,13). The topological polar surface area (TPSA) is 55.1 Å². The lowest BCUT2D eigenvalue weighted by molar-refractivity contribution is -0.125. The van der Waals surface area contributed by atoms with E-state index in [-0.39, 0.29) is 11.8 Å². The summed E-state index contributed by atoms with van der Waals surface area (Å²) in [6.45, 7) is 2.44. The normalized spacial score (nSPS) is 18.9. The summed E-state index contributed by atoms with van der Waals surface area (Å²) in [5.74, 6) is 0.0966. The highest BCUT2D eigenvalue weighted by Gasteiger charge is 2.18. The van der Waals surface area contributed by atoms with Gasteiger partial charge in [0.25, 0.3) is 0 Å². The second-order valence-electron chi connectivity index (χ2n) is 3.49. The van der Waals surface area contributed by atoms with Crippen LogP contribution in [0.25, 0.3) is 0 Å². The molecule has 0 saturated heterocycles. The SMILES string of the molecule is CCC(CN)C(=O)NC1CC=CC1. The molecule has 0 saturated carbocycles. The van der Waals surface area contributed by atoms with Crippen molar-refractivity contribution in [2.45, 2.75) is 32.2 Å². The number of hydrogen-bond acceptors (Lipinski definition) is 2. The van der Waals surface area contributed by atoms with Gasteiger partial charge in [0.1, 0.15) is 0 Å². The van der Waals surface area contributed by atoms with Crippen LogP contribution in [0.4, 0.5) is 0 Å². The van der Waals surface area contributed by atoms with Gasteiger partial charge >= 0.3 is 0 Å². The monoisotopic (exact) mass is 182 g/mol. The van der Waals surface area contributed by atoms with Gasteiger partial charge in [0, 0.05) is 18.5 Å². The Hall–Kier alpha value is -0.830. The molecule has 0 bridgehead atoms. The number of amides is 1. The molecule has 3 heteroatoms. The maximum absolute atomic E-state index is 11.5. The molecule has 0 aromatic carbocycles. The lowest BCUT2D eigenvalue weighted by Crippen LogP contribution is -2.39.